The molecule has 0 spiro atoms. The Hall–Kier alpha value is -2.39. The topological polar surface area (TPSA) is 70.4 Å². The lowest BCUT2D eigenvalue weighted by Crippen LogP contribution is -2.48. The number of nitrogens with zero attached hydrogens (tertiary/aromatic N) is 3. The number of benzene rings is 1. The van der Waals surface area contributed by atoms with E-state index in [1.807, 2.05) is 49.3 Å². The number of likely N-dealkylation sites (N-methyl/N-ethyl adjacent to an activating group) is 1. The molecule has 0 aliphatic heterocycles. The maximum absolute atomic E-state index is 13.5. The number of alkyl halides is 3. The fraction of sp³-hybridized carbons (Fsp3) is 0.444. The van der Waals surface area contributed by atoms with E-state index in [4.69, 9.17) is 0 Å². The van der Waals surface area contributed by atoms with E-state index in [-0.39, 0.29) is 12.6 Å². The summed E-state index contributed by atoms with van der Waals surface area (Å²) in [5.74, 6) is -1.54. The van der Waals surface area contributed by atoms with Gasteiger partial charge in [0, 0.05) is 26.0 Å². The predicted octanol–water partition coefficient (Wildman–Crippen LogP) is 1.98. The van der Waals surface area contributed by atoms with Crippen LogP contribution in [0.2, 0.25) is 0 Å². The second kappa shape index (κ2) is 8.10. The van der Waals surface area contributed by atoms with Gasteiger partial charge in [0.15, 0.2) is 5.82 Å². The first kappa shape index (κ1) is 20.9. The number of nitrogens with one attached hydrogen (secondary N) is 1. The first-order valence-electron chi connectivity index (χ1n) is 8.31. The Morgan fingerprint density at radius 2 is 1.93 bits per heavy atom. The van der Waals surface area contributed by atoms with E-state index in [2.05, 4.69) is 10.3 Å². The van der Waals surface area contributed by atoms with Crippen molar-refractivity contribution in [2.45, 2.75) is 24.2 Å². The van der Waals surface area contributed by atoms with Crippen molar-refractivity contribution in [3.8, 4) is 0 Å². The Labute approximate surface area is 155 Å². The molecule has 0 bridgehead atoms. The number of rotatable bonds is 7. The Morgan fingerprint density at radius 3 is 2.41 bits per heavy atom. The molecule has 0 aliphatic carbocycles. The predicted molar refractivity (Wildman–Crippen MR) is 93.7 cm³/mol. The number of aliphatic hydroxyl groups is 1. The number of hydrogen-bond donors (Lipinski definition) is 2. The van der Waals surface area contributed by atoms with Crippen LogP contribution in [0, 0.1) is 0 Å². The molecule has 0 radical (unpaired) electrons. The monoisotopic (exact) mass is 384 g/mol. The highest BCUT2D eigenvalue weighted by Gasteiger charge is 2.58. The number of carbonyl (C=O) groups is 1. The minimum Gasteiger partial charge on any atom is -0.374 e. The summed E-state index contributed by atoms with van der Waals surface area (Å²) in [4.78, 5) is 17.7. The van der Waals surface area contributed by atoms with Crippen molar-refractivity contribution in [1.29, 1.82) is 0 Å². The molecule has 0 fully saturated rings. The van der Waals surface area contributed by atoms with Crippen molar-refractivity contribution in [1.82, 2.24) is 19.8 Å². The largest absolute Gasteiger partial charge is 0.425 e. The summed E-state index contributed by atoms with van der Waals surface area (Å²) in [6.07, 6.45) is -3.80. The van der Waals surface area contributed by atoms with Crippen molar-refractivity contribution < 1.29 is 23.1 Å². The molecule has 148 valence electrons. The highest BCUT2D eigenvalue weighted by atomic mass is 19.4. The summed E-state index contributed by atoms with van der Waals surface area (Å²) >= 11 is 0. The second-order valence-corrected chi connectivity index (χ2v) is 6.59. The molecule has 1 amide bonds. The van der Waals surface area contributed by atoms with Crippen molar-refractivity contribution in [2.24, 2.45) is 7.05 Å². The van der Waals surface area contributed by atoms with Crippen LogP contribution in [0.15, 0.2) is 42.7 Å². The van der Waals surface area contributed by atoms with Gasteiger partial charge >= 0.3 is 6.18 Å². The van der Waals surface area contributed by atoms with Gasteiger partial charge in [-0.15, -0.1) is 0 Å². The van der Waals surface area contributed by atoms with Crippen LogP contribution in [0.4, 0.5) is 13.2 Å². The average Bonchev–Trinajstić information content (AvgIpc) is 3.01. The van der Waals surface area contributed by atoms with E-state index in [1.165, 1.54) is 13.2 Å². The lowest BCUT2D eigenvalue weighted by molar-refractivity contribution is -0.271. The normalized spacial score (nSPS) is 15.4. The van der Waals surface area contributed by atoms with Crippen LogP contribution in [0.3, 0.4) is 0 Å². The third-order valence-electron chi connectivity index (χ3n) is 4.38. The number of amides is 1. The molecule has 2 unspecified atom stereocenters. The number of imidazole rings is 1. The quantitative estimate of drug-likeness (QED) is 0.766. The second-order valence-electron chi connectivity index (χ2n) is 6.59. The number of carbonyl (C=O) groups excluding carboxylic acids is 1. The Morgan fingerprint density at radius 1 is 1.30 bits per heavy atom. The molecule has 6 nitrogen and oxygen atoms in total. The fourth-order valence-corrected chi connectivity index (χ4v) is 2.85. The Balaban J connectivity index is 2.13. The van der Waals surface area contributed by atoms with E-state index in [0.717, 1.165) is 16.3 Å². The zero-order chi connectivity index (χ0) is 20.2. The number of aryl methyl sites for hydroxylation is 1. The molecule has 2 atom stereocenters. The highest BCUT2D eigenvalue weighted by molar-refractivity contribution is 5.77. The van der Waals surface area contributed by atoms with Gasteiger partial charge in [0.05, 0.1) is 12.5 Å². The summed E-state index contributed by atoms with van der Waals surface area (Å²) in [7, 11) is 4.95. The van der Waals surface area contributed by atoms with Crippen LogP contribution in [-0.4, -0.2) is 52.3 Å². The molecule has 1 heterocycles. The summed E-state index contributed by atoms with van der Waals surface area (Å²) < 4.78 is 41.6. The highest BCUT2D eigenvalue weighted by Crippen LogP contribution is 2.40. The fourth-order valence-electron chi connectivity index (χ4n) is 2.85. The molecule has 0 aliphatic rings. The molecule has 0 saturated carbocycles. The van der Waals surface area contributed by atoms with E-state index in [0.29, 0.717) is 0 Å². The van der Waals surface area contributed by atoms with Crippen LogP contribution in [-0.2, 0) is 17.4 Å². The van der Waals surface area contributed by atoms with Crippen LogP contribution in [0.5, 0.6) is 0 Å². The smallest absolute Gasteiger partial charge is 0.374 e. The van der Waals surface area contributed by atoms with Gasteiger partial charge in [-0.3, -0.25) is 4.79 Å². The Bertz CT molecular complexity index is 761. The van der Waals surface area contributed by atoms with Gasteiger partial charge in [-0.05, 0) is 19.7 Å². The number of hydrogen-bond acceptors (Lipinski definition) is 4. The molecule has 1 aromatic carbocycles. The molecular weight excluding hydrogens is 361 g/mol. The zero-order valence-corrected chi connectivity index (χ0v) is 15.4. The molecule has 9 heteroatoms. The standard InChI is InChI=1S/C18H23F3N4O2/c1-24(2)14(13-7-5-4-6-8-13)12-23-15(26)11-17(27,18(19,20)21)16-22-9-10-25(16)3/h4-10,14,27H,11-12H2,1-3H3,(H,23,26). The van der Waals surface area contributed by atoms with Crippen molar-refractivity contribution in [2.75, 3.05) is 20.6 Å². The van der Waals surface area contributed by atoms with Gasteiger partial charge in [-0.1, -0.05) is 30.3 Å². The summed E-state index contributed by atoms with van der Waals surface area (Å²) in [5.41, 5.74) is -2.45. The lowest BCUT2D eigenvalue weighted by Gasteiger charge is -2.30. The van der Waals surface area contributed by atoms with E-state index in [9.17, 15) is 23.1 Å². The zero-order valence-electron chi connectivity index (χ0n) is 15.4. The molecule has 27 heavy (non-hydrogen) atoms. The SMILES string of the molecule is CN(C)C(CNC(=O)CC(O)(c1nccn1C)C(F)(F)F)c1ccccc1. The third-order valence-corrected chi connectivity index (χ3v) is 4.38. The Kier molecular flexibility index (Phi) is 6.27. The van der Waals surface area contributed by atoms with Gasteiger partial charge in [0.2, 0.25) is 11.5 Å². The summed E-state index contributed by atoms with van der Waals surface area (Å²) in [6, 6.07) is 9.06. The van der Waals surface area contributed by atoms with Crippen LogP contribution in [0.25, 0.3) is 0 Å². The van der Waals surface area contributed by atoms with Gasteiger partial charge in [-0.25, -0.2) is 4.98 Å². The average molecular weight is 384 g/mol. The maximum atomic E-state index is 13.5. The van der Waals surface area contributed by atoms with E-state index < -0.39 is 29.9 Å². The minimum atomic E-state index is -5.05. The molecule has 1 aromatic heterocycles. The van der Waals surface area contributed by atoms with Crippen LogP contribution >= 0.6 is 0 Å². The van der Waals surface area contributed by atoms with Crippen LogP contribution < -0.4 is 5.32 Å². The summed E-state index contributed by atoms with van der Waals surface area (Å²) in [5, 5.41) is 12.8. The number of aromatic nitrogens is 2. The van der Waals surface area contributed by atoms with Crippen molar-refractivity contribution >= 4 is 5.91 Å². The maximum Gasteiger partial charge on any atom is 0.425 e. The van der Waals surface area contributed by atoms with Gasteiger partial charge in [-0.2, -0.15) is 13.2 Å². The van der Waals surface area contributed by atoms with Gasteiger partial charge in [0.25, 0.3) is 0 Å². The molecule has 2 N–H and O–H groups in total. The third kappa shape index (κ3) is 4.67. The number of halogens is 3. The first-order valence-corrected chi connectivity index (χ1v) is 8.31. The van der Waals surface area contributed by atoms with Crippen molar-refractivity contribution in [3.05, 3.63) is 54.1 Å². The van der Waals surface area contributed by atoms with E-state index >= 15 is 0 Å². The van der Waals surface area contributed by atoms with Crippen LogP contribution in [0.1, 0.15) is 23.9 Å². The molecule has 0 saturated heterocycles. The molecule has 2 rings (SSSR count). The molecular formula is C18H23F3N4O2. The summed E-state index contributed by atoms with van der Waals surface area (Å²) in [6.45, 7) is 0.102. The van der Waals surface area contributed by atoms with E-state index in [1.54, 1.807) is 0 Å². The van der Waals surface area contributed by atoms with Gasteiger partial charge in [0.1, 0.15) is 0 Å². The van der Waals surface area contributed by atoms with Crippen molar-refractivity contribution in [3.63, 3.8) is 0 Å². The lowest BCUT2D eigenvalue weighted by atomic mass is 9.97. The molecule has 2 aromatic rings. The first-order chi connectivity index (χ1) is 12.6. The van der Waals surface area contributed by atoms with Gasteiger partial charge < -0.3 is 19.9 Å². The minimum absolute atomic E-state index is 0.102.